The number of rotatable bonds is 7. The Morgan fingerprint density at radius 1 is 1.30 bits per heavy atom. The van der Waals surface area contributed by atoms with Gasteiger partial charge >= 0.3 is 0 Å². The van der Waals surface area contributed by atoms with Gasteiger partial charge in [-0.15, -0.1) is 0 Å². The van der Waals surface area contributed by atoms with Crippen molar-refractivity contribution in [1.82, 2.24) is 20.4 Å². The summed E-state index contributed by atoms with van der Waals surface area (Å²) < 4.78 is 11.2. The van der Waals surface area contributed by atoms with E-state index in [2.05, 4.69) is 27.6 Å². The molecule has 0 saturated carbocycles. The molecule has 2 aliphatic carbocycles. The van der Waals surface area contributed by atoms with Gasteiger partial charge in [0.15, 0.2) is 0 Å². The van der Waals surface area contributed by atoms with Gasteiger partial charge in [0.1, 0.15) is 11.8 Å². The molecule has 8 nitrogen and oxygen atoms in total. The highest BCUT2D eigenvalue weighted by Gasteiger charge is 2.27. The molecule has 0 aliphatic heterocycles. The molecule has 0 unspecified atom stereocenters. The zero-order valence-electron chi connectivity index (χ0n) is 19.3. The fraction of sp³-hybridized carbons (Fsp3) is 0.360. The van der Waals surface area contributed by atoms with E-state index in [1.54, 1.807) is 31.1 Å². The van der Waals surface area contributed by atoms with Crippen LogP contribution in [0.2, 0.25) is 0 Å². The molecule has 0 saturated heterocycles. The van der Waals surface area contributed by atoms with Crippen LogP contribution >= 0.6 is 0 Å². The summed E-state index contributed by atoms with van der Waals surface area (Å²) in [7, 11) is 3.50. The van der Waals surface area contributed by atoms with E-state index < -0.39 is 0 Å². The van der Waals surface area contributed by atoms with Gasteiger partial charge in [-0.1, -0.05) is 17.3 Å². The van der Waals surface area contributed by atoms with Gasteiger partial charge < -0.3 is 19.5 Å². The minimum atomic E-state index is -0.0292. The van der Waals surface area contributed by atoms with E-state index in [1.807, 2.05) is 26.0 Å². The largest absolute Gasteiger partial charge is 0.490 e. The molecule has 1 aromatic carbocycles. The normalized spacial score (nSPS) is 15.0. The van der Waals surface area contributed by atoms with Crippen LogP contribution in [-0.4, -0.2) is 47.7 Å². The quantitative estimate of drug-likeness (QED) is 0.690. The number of nitrogens with zero attached hydrogens (tertiary/aromatic N) is 4. The van der Waals surface area contributed by atoms with Gasteiger partial charge in [0.2, 0.25) is 11.7 Å². The lowest BCUT2D eigenvalue weighted by molar-refractivity contribution is -0.127. The van der Waals surface area contributed by atoms with Crippen LogP contribution in [0.15, 0.2) is 51.7 Å². The molecular weight excluding hydrogens is 418 g/mol. The lowest BCUT2D eigenvalue weighted by Crippen LogP contribution is -2.32. The van der Waals surface area contributed by atoms with Gasteiger partial charge in [-0.05, 0) is 62.5 Å². The minimum Gasteiger partial charge on any atom is -0.490 e. The van der Waals surface area contributed by atoms with E-state index in [0.29, 0.717) is 28.6 Å². The van der Waals surface area contributed by atoms with Gasteiger partial charge in [-0.3, -0.25) is 4.79 Å². The molecule has 4 rings (SSSR count). The first-order valence-electron chi connectivity index (χ1n) is 11.0. The van der Waals surface area contributed by atoms with Crippen LogP contribution in [0.25, 0.3) is 17.0 Å². The Morgan fingerprint density at radius 2 is 2.12 bits per heavy atom. The standard InChI is InChI=1S/C25H27N5O3/c1-15(2)32-22-11-8-16(12-17(22)13-26)25-28-24(29-33-25)20-7-5-6-19-18(20)9-10-21(19)27-14-23(31)30(3)4/h5,7-8,11-12,15,27H,6,9-10,14H2,1-4H3. The van der Waals surface area contributed by atoms with Gasteiger partial charge in [0.05, 0.1) is 18.2 Å². The highest BCUT2D eigenvalue weighted by molar-refractivity contribution is 5.81. The Morgan fingerprint density at radius 3 is 2.85 bits per heavy atom. The smallest absolute Gasteiger partial charge is 0.258 e. The molecule has 8 heteroatoms. The average Bonchev–Trinajstić information content (AvgIpc) is 3.44. The summed E-state index contributed by atoms with van der Waals surface area (Å²) in [6, 6.07) is 7.44. The molecule has 0 spiro atoms. The van der Waals surface area contributed by atoms with E-state index in [0.717, 1.165) is 30.5 Å². The summed E-state index contributed by atoms with van der Waals surface area (Å²) in [5.41, 5.74) is 5.51. The monoisotopic (exact) mass is 445 g/mol. The number of aromatic nitrogens is 2. The van der Waals surface area contributed by atoms with Crippen molar-refractivity contribution in [3.63, 3.8) is 0 Å². The second-order valence-corrected chi connectivity index (χ2v) is 8.51. The van der Waals surface area contributed by atoms with Crippen LogP contribution in [0, 0.1) is 11.3 Å². The molecule has 33 heavy (non-hydrogen) atoms. The van der Waals surface area contributed by atoms with Gasteiger partial charge in [-0.25, -0.2) is 0 Å². The number of ether oxygens (including phenoxy) is 1. The van der Waals surface area contributed by atoms with Crippen molar-refractivity contribution in [2.75, 3.05) is 20.6 Å². The Kier molecular flexibility index (Phi) is 6.31. The lowest BCUT2D eigenvalue weighted by atomic mass is 9.93. The molecule has 2 aliphatic rings. The number of benzene rings is 1. The second kappa shape index (κ2) is 9.33. The maximum Gasteiger partial charge on any atom is 0.258 e. The lowest BCUT2D eigenvalue weighted by Gasteiger charge is -2.15. The Hall–Kier alpha value is -3.86. The second-order valence-electron chi connectivity index (χ2n) is 8.51. The van der Waals surface area contributed by atoms with Gasteiger partial charge in [0, 0.05) is 30.9 Å². The highest BCUT2D eigenvalue weighted by Crippen LogP contribution is 2.40. The Balaban J connectivity index is 1.60. The molecule has 2 aromatic rings. The maximum absolute atomic E-state index is 12.0. The van der Waals surface area contributed by atoms with Crippen molar-refractivity contribution in [2.45, 2.75) is 39.2 Å². The van der Waals surface area contributed by atoms with E-state index in [4.69, 9.17) is 9.26 Å². The minimum absolute atomic E-state index is 0.0292. The number of nitriles is 1. The number of carbonyl (C=O) groups excluding carboxylic acids is 1. The number of hydrogen-bond acceptors (Lipinski definition) is 7. The van der Waals surface area contributed by atoms with Crippen molar-refractivity contribution in [2.24, 2.45) is 0 Å². The van der Waals surface area contributed by atoms with Gasteiger partial charge in [-0.2, -0.15) is 10.2 Å². The first kappa shape index (κ1) is 22.3. The van der Waals surface area contributed by atoms with Crippen molar-refractivity contribution in [3.8, 4) is 23.3 Å². The number of carbonyl (C=O) groups is 1. The maximum atomic E-state index is 12.0. The third kappa shape index (κ3) is 4.67. The topological polar surface area (TPSA) is 104 Å². The fourth-order valence-electron chi connectivity index (χ4n) is 3.97. The Labute approximate surface area is 193 Å². The van der Waals surface area contributed by atoms with E-state index in [9.17, 15) is 10.1 Å². The molecular formula is C25H27N5O3. The zero-order chi connectivity index (χ0) is 23.5. The average molecular weight is 446 g/mol. The first-order chi connectivity index (χ1) is 15.9. The molecule has 0 atom stereocenters. The van der Waals surface area contributed by atoms with E-state index in [1.165, 1.54) is 11.1 Å². The number of amides is 1. The van der Waals surface area contributed by atoms with Crippen LogP contribution in [0.5, 0.6) is 5.75 Å². The first-order valence-corrected chi connectivity index (χ1v) is 11.0. The number of hydrogen-bond donors (Lipinski definition) is 1. The van der Waals surface area contributed by atoms with E-state index in [-0.39, 0.29) is 18.6 Å². The fourth-order valence-corrected chi connectivity index (χ4v) is 3.97. The zero-order valence-corrected chi connectivity index (χ0v) is 19.3. The Bertz CT molecular complexity index is 1210. The van der Waals surface area contributed by atoms with Crippen LogP contribution in [0.4, 0.5) is 0 Å². The van der Waals surface area contributed by atoms with Crippen molar-refractivity contribution >= 4 is 11.5 Å². The summed E-state index contributed by atoms with van der Waals surface area (Å²) in [6.07, 6.45) is 6.60. The molecule has 1 heterocycles. The molecule has 1 aromatic heterocycles. The number of nitrogens with one attached hydrogen (secondary N) is 1. The number of allylic oxidation sites excluding steroid dienone is 6. The molecule has 1 N–H and O–H groups in total. The van der Waals surface area contributed by atoms with Crippen molar-refractivity contribution < 1.29 is 14.1 Å². The third-order valence-electron chi connectivity index (χ3n) is 5.61. The van der Waals surface area contributed by atoms with Crippen LogP contribution in [0.3, 0.4) is 0 Å². The molecule has 0 radical (unpaired) electrons. The summed E-state index contributed by atoms with van der Waals surface area (Å²) in [6.45, 7) is 4.11. The van der Waals surface area contributed by atoms with Crippen LogP contribution < -0.4 is 10.1 Å². The summed E-state index contributed by atoms with van der Waals surface area (Å²) in [5.74, 6) is 1.43. The summed E-state index contributed by atoms with van der Waals surface area (Å²) in [5, 5.41) is 17.0. The summed E-state index contributed by atoms with van der Waals surface area (Å²) >= 11 is 0. The molecule has 170 valence electrons. The summed E-state index contributed by atoms with van der Waals surface area (Å²) in [4.78, 5) is 18.1. The molecule has 0 fully saturated rings. The van der Waals surface area contributed by atoms with Gasteiger partial charge in [0.25, 0.3) is 5.89 Å². The van der Waals surface area contributed by atoms with Crippen molar-refractivity contribution in [3.05, 3.63) is 58.6 Å². The molecule has 0 bridgehead atoms. The predicted molar refractivity (Wildman–Crippen MR) is 124 cm³/mol. The van der Waals surface area contributed by atoms with E-state index >= 15 is 0 Å². The third-order valence-corrected chi connectivity index (χ3v) is 5.61. The molecule has 1 amide bonds. The predicted octanol–water partition coefficient (Wildman–Crippen LogP) is 3.83. The number of likely N-dealkylation sites (N-methyl/N-ethyl adjacent to an activating group) is 1. The van der Waals surface area contributed by atoms with Crippen LogP contribution in [0.1, 0.15) is 44.5 Å². The van der Waals surface area contributed by atoms with Crippen molar-refractivity contribution in [1.29, 1.82) is 5.26 Å². The highest BCUT2D eigenvalue weighted by atomic mass is 16.5. The SMILES string of the molecule is CC(C)Oc1ccc(-c2nc(C3=C4CCC(NCC(=O)N(C)C)=C4CC=C3)no2)cc1C#N. The van der Waals surface area contributed by atoms with Crippen LogP contribution in [-0.2, 0) is 4.79 Å². The number of fused-ring (bicyclic) bond motifs is 1.